The third kappa shape index (κ3) is 6.21. The Bertz CT molecular complexity index is 867. The molecule has 1 heterocycles. The second-order valence-electron chi connectivity index (χ2n) is 7.87. The molecule has 0 spiro atoms. The predicted molar refractivity (Wildman–Crippen MR) is 114 cm³/mol. The van der Waals surface area contributed by atoms with E-state index in [4.69, 9.17) is 14.2 Å². The minimum absolute atomic E-state index is 0.00325. The Labute approximate surface area is 178 Å². The van der Waals surface area contributed by atoms with Crippen LogP contribution in [0.15, 0.2) is 36.4 Å². The van der Waals surface area contributed by atoms with Crippen LogP contribution in [0.4, 0.5) is 0 Å². The molecule has 0 aromatic heterocycles. The lowest BCUT2D eigenvalue weighted by Gasteiger charge is -2.26. The lowest BCUT2D eigenvalue weighted by atomic mass is 10.0. The van der Waals surface area contributed by atoms with Crippen LogP contribution in [0.25, 0.3) is 0 Å². The van der Waals surface area contributed by atoms with Crippen molar-refractivity contribution in [1.29, 1.82) is 0 Å². The van der Waals surface area contributed by atoms with Crippen LogP contribution in [0.3, 0.4) is 0 Å². The fourth-order valence-electron chi connectivity index (χ4n) is 3.51. The van der Waals surface area contributed by atoms with Crippen LogP contribution in [0.2, 0.25) is 0 Å². The fourth-order valence-corrected chi connectivity index (χ4v) is 3.51. The van der Waals surface area contributed by atoms with Gasteiger partial charge in [-0.15, -0.1) is 0 Å². The van der Waals surface area contributed by atoms with Gasteiger partial charge in [0.05, 0.1) is 0 Å². The van der Waals surface area contributed by atoms with Crippen molar-refractivity contribution in [1.82, 2.24) is 4.90 Å². The molecule has 0 amide bonds. The molecular formula is C24H31NO5. The molecule has 2 aromatic carbocycles. The van der Waals surface area contributed by atoms with Crippen molar-refractivity contribution in [2.24, 2.45) is 0 Å². The fraction of sp³-hybridized carbons (Fsp3) is 0.458. The summed E-state index contributed by atoms with van der Waals surface area (Å²) in [6.07, 6.45) is 0.346. The second-order valence-corrected chi connectivity index (χ2v) is 7.87. The molecule has 0 bridgehead atoms. The molecule has 2 aromatic rings. The van der Waals surface area contributed by atoms with Gasteiger partial charge >= 0.3 is 5.97 Å². The van der Waals surface area contributed by atoms with Gasteiger partial charge in [0.1, 0.15) is 12.7 Å². The molecule has 162 valence electrons. The Morgan fingerprint density at radius 3 is 2.73 bits per heavy atom. The van der Waals surface area contributed by atoms with Crippen molar-refractivity contribution >= 4 is 5.97 Å². The quantitative estimate of drug-likeness (QED) is 0.599. The Hall–Kier alpha value is -2.57. The zero-order chi connectivity index (χ0) is 21.5. The third-order valence-electron chi connectivity index (χ3n) is 5.10. The topological polar surface area (TPSA) is 68.2 Å². The summed E-state index contributed by atoms with van der Waals surface area (Å²) in [4.78, 5) is 13.8. The summed E-state index contributed by atoms with van der Waals surface area (Å²) in [5, 5.41) is 10.5. The molecule has 1 aliphatic heterocycles. The first-order valence-corrected chi connectivity index (χ1v) is 10.4. The number of esters is 1. The van der Waals surface area contributed by atoms with Crippen LogP contribution in [-0.4, -0.2) is 42.0 Å². The number of nitrogens with zero attached hydrogens (tertiary/aromatic N) is 1. The summed E-state index contributed by atoms with van der Waals surface area (Å²) in [6.45, 7) is 8.04. The van der Waals surface area contributed by atoms with Crippen LogP contribution in [0.1, 0.15) is 42.0 Å². The molecule has 0 radical (unpaired) electrons. The summed E-state index contributed by atoms with van der Waals surface area (Å²) in [7, 11) is 0. The van der Waals surface area contributed by atoms with Gasteiger partial charge in [0, 0.05) is 26.1 Å². The van der Waals surface area contributed by atoms with Crippen molar-refractivity contribution in [2.45, 2.75) is 52.8 Å². The summed E-state index contributed by atoms with van der Waals surface area (Å²) in [6, 6.07) is 12.3. The summed E-state index contributed by atoms with van der Waals surface area (Å²) in [5.74, 6) is 1.23. The summed E-state index contributed by atoms with van der Waals surface area (Å²) < 4.78 is 16.1. The molecule has 0 aliphatic carbocycles. The molecule has 1 N–H and O–H groups in total. The zero-order valence-electron chi connectivity index (χ0n) is 18.0. The van der Waals surface area contributed by atoms with E-state index in [9.17, 15) is 9.90 Å². The van der Waals surface area contributed by atoms with Gasteiger partial charge in [0.2, 0.25) is 6.79 Å². The monoisotopic (exact) mass is 413 g/mol. The Morgan fingerprint density at radius 1 is 1.13 bits per heavy atom. The van der Waals surface area contributed by atoms with Crippen LogP contribution in [0.5, 0.6) is 11.5 Å². The first-order valence-electron chi connectivity index (χ1n) is 10.4. The highest BCUT2D eigenvalue weighted by Gasteiger charge is 2.18. The Kier molecular flexibility index (Phi) is 7.71. The van der Waals surface area contributed by atoms with Crippen LogP contribution >= 0.6 is 0 Å². The highest BCUT2D eigenvalue weighted by molar-refractivity contribution is 5.69. The van der Waals surface area contributed by atoms with Gasteiger partial charge in [-0.1, -0.05) is 36.8 Å². The maximum Gasteiger partial charge on any atom is 0.305 e. The number of benzene rings is 2. The molecule has 6 nitrogen and oxygen atoms in total. The number of aliphatic hydroxyl groups excluding tert-OH is 1. The second kappa shape index (κ2) is 10.5. The predicted octanol–water partition coefficient (Wildman–Crippen LogP) is 3.74. The van der Waals surface area contributed by atoms with E-state index in [-0.39, 0.29) is 19.4 Å². The highest BCUT2D eigenvalue weighted by Crippen LogP contribution is 2.33. The number of fused-ring (bicyclic) bond motifs is 1. The number of hydrogen-bond donors (Lipinski definition) is 1. The number of ether oxygens (including phenoxy) is 3. The van der Waals surface area contributed by atoms with Crippen molar-refractivity contribution in [3.63, 3.8) is 0 Å². The number of hydrogen-bond acceptors (Lipinski definition) is 6. The van der Waals surface area contributed by atoms with E-state index >= 15 is 0 Å². The van der Waals surface area contributed by atoms with E-state index in [0.717, 1.165) is 23.5 Å². The third-order valence-corrected chi connectivity index (χ3v) is 5.10. The Balaban J connectivity index is 1.70. The lowest BCUT2D eigenvalue weighted by molar-refractivity contribution is -0.147. The minimum Gasteiger partial charge on any atom is -0.463 e. The average molecular weight is 414 g/mol. The van der Waals surface area contributed by atoms with E-state index in [2.05, 4.69) is 36.9 Å². The molecule has 0 saturated heterocycles. The van der Waals surface area contributed by atoms with E-state index in [1.807, 2.05) is 25.1 Å². The smallest absolute Gasteiger partial charge is 0.305 e. The lowest BCUT2D eigenvalue weighted by Crippen LogP contribution is -2.35. The molecule has 30 heavy (non-hydrogen) atoms. The van der Waals surface area contributed by atoms with Gasteiger partial charge in [-0.3, -0.25) is 9.69 Å². The SMILES string of the molecule is CCCC(=O)OC[C@H](O)CN(Cc1ccc2c(c1)OCO2)Cc1cc(C)ccc1C. The first-order chi connectivity index (χ1) is 14.4. The van der Waals surface area contributed by atoms with E-state index in [0.29, 0.717) is 26.1 Å². The first kappa shape index (κ1) is 22.1. The molecule has 6 heteroatoms. The van der Waals surface area contributed by atoms with Crippen molar-refractivity contribution in [3.8, 4) is 11.5 Å². The highest BCUT2D eigenvalue weighted by atomic mass is 16.7. The molecular weight excluding hydrogens is 382 g/mol. The molecule has 0 saturated carbocycles. The van der Waals surface area contributed by atoms with Crippen LogP contribution in [0, 0.1) is 13.8 Å². The number of aliphatic hydroxyl groups is 1. The van der Waals surface area contributed by atoms with Crippen LogP contribution < -0.4 is 9.47 Å². The molecule has 0 fully saturated rings. The maximum atomic E-state index is 11.6. The van der Waals surface area contributed by atoms with Gasteiger partial charge in [-0.05, 0) is 49.1 Å². The zero-order valence-corrected chi connectivity index (χ0v) is 18.0. The molecule has 3 rings (SSSR count). The summed E-state index contributed by atoms with van der Waals surface area (Å²) in [5.41, 5.74) is 4.69. The minimum atomic E-state index is -0.759. The largest absolute Gasteiger partial charge is 0.463 e. The number of rotatable bonds is 10. The standard InChI is InChI=1S/C24H31NO5/c1-4-5-24(27)28-15-21(26)14-25(13-20-10-17(2)6-7-18(20)3)12-19-8-9-22-23(11-19)30-16-29-22/h6-11,21,26H,4-5,12-16H2,1-3H3/t21-/m1/s1. The molecule has 1 atom stereocenters. The number of aryl methyl sites for hydroxylation is 2. The summed E-state index contributed by atoms with van der Waals surface area (Å²) >= 11 is 0. The normalized spacial score (nSPS) is 13.5. The molecule has 1 aliphatic rings. The van der Waals surface area contributed by atoms with Gasteiger partial charge < -0.3 is 19.3 Å². The van der Waals surface area contributed by atoms with Gasteiger partial charge in [0.25, 0.3) is 0 Å². The van der Waals surface area contributed by atoms with Gasteiger partial charge in [-0.2, -0.15) is 0 Å². The van der Waals surface area contributed by atoms with Crippen molar-refractivity contribution in [3.05, 3.63) is 58.7 Å². The van der Waals surface area contributed by atoms with Crippen LogP contribution in [-0.2, 0) is 22.6 Å². The average Bonchev–Trinajstić information content (AvgIpc) is 3.17. The van der Waals surface area contributed by atoms with Gasteiger partial charge in [-0.25, -0.2) is 0 Å². The van der Waals surface area contributed by atoms with Crippen molar-refractivity contribution < 1.29 is 24.1 Å². The molecule has 0 unspecified atom stereocenters. The number of carbonyl (C=O) groups excluding carboxylic acids is 1. The van der Waals surface area contributed by atoms with Gasteiger partial charge in [0.15, 0.2) is 11.5 Å². The van der Waals surface area contributed by atoms with E-state index in [1.54, 1.807) is 0 Å². The maximum absolute atomic E-state index is 11.6. The van der Waals surface area contributed by atoms with Crippen molar-refractivity contribution in [2.75, 3.05) is 19.9 Å². The van der Waals surface area contributed by atoms with E-state index in [1.165, 1.54) is 16.7 Å². The Morgan fingerprint density at radius 2 is 1.93 bits per heavy atom. The van der Waals surface area contributed by atoms with E-state index < -0.39 is 6.10 Å². The number of carbonyl (C=O) groups is 1.